The number of aromatic nitrogens is 8. The Labute approximate surface area is 316 Å². The predicted molar refractivity (Wildman–Crippen MR) is 204 cm³/mol. The number of anilines is 2. The van der Waals surface area contributed by atoms with E-state index in [1.165, 1.54) is 0 Å². The van der Waals surface area contributed by atoms with E-state index in [-0.39, 0.29) is 18.7 Å². The molecule has 55 heavy (non-hydrogen) atoms. The quantitative estimate of drug-likeness (QED) is 0.139. The summed E-state index contributed by atoms with van der Waals surface area (Å²) in [6.45, 7) is 8.18. The Hall–Kier alpha value is -6.07. The molecule has 0 aromatic carbocycles. The van der Waals surface area contributed by atoms with Crippen molar-refractivity contribution < 1.29 is 28.5 Å². The number of H-pyrrole nitrogens is 2. The van der Waals surface area contributed by atoms with Crippen molar-refractivity contribution in [2.45, 2.75) is 44.9 Å². The van der Waals surface area contributed by atoms with Gasteiger partial charge in [-0.15, -0.1) is 0 Å². The van der Waals surface area contributed by atoms with Crippen LogP contribution in [0.2, 0.25) is 0 Å². The van der Waals surface area contributed by atoms with Crippen LogP contribution in [0.4, 0.5) is 16.3 Å². The summed E-state index contributed by atoms with van der Waals surface area (Å²) in [4.78, 5) is 35.5. The molecule has 6 aromatic rings. The molecule has 3 atom stereocenters. The molecule has 2 fully saturated rings. The lowest BCUT2D eigenvalue weighted by Gasteiger charge is -2.36. The van der Waals surface area contributed by atoms with Crippen LogP contribution in [-0.4, -0.2) is 117 Å². The highest BCUT2D eigenvalue weighted by atomic mass is 16.6. The average Bonchev–Trinajstić information content (AvgIpc) is 3.95. The minimum Gasteiger partial charge on any atom is -0.493 e. The van der Waals surface area contributed by atoms with E-state index in [1.807, 2.05) is 36.5 Å². The molecule has 1 amide bonds. The van der Waals surface area contributed by atoms with E-state index in [1.54, 1.807) is 24.8 Å². The Morgan fingerprint density at radius 3 is 2.47 bits per heavy atom. The molecule has 2 unspecified atom stereocenters. The zero-order valence-electron chi connectivity index (χ0n) is 30.7. The van der Waals surface area contributed by atoms with Gasteiger partial charge in [-0.3, -0.25) is 25.1 Å². The third kappa shape index (κ3) is 7.65. The topological polar surface area (TPSA) is 205 Å². The number of ether oxygens (including phenoxy) is 5. The summed E-state index contributed by atoms with van der Waals surface area (Å²) in [5.74, 6) is 2.05. The van der Waals surface area contributed by atoms with Crippen molar-refractivity contribution in [3.63, 3.8) is 0 Å². The van der Waals surface area contributed by atoms with Crippen LogP contribution in [0.25, 0.3) is 44.6 Å². The van der Waals surface area contributed by atoms with Gasteiger partial charge < -0.3 is 39.2 Å². The monoisotopic (exact) mass is 749 g/mol. The van der Waals surface area contributed by atoms with Crippen LogP contribution in [0.1, 0.15) is 26.7 Å². The number of amides is 1. The first-order chi connectivity index (χ1) is 26.9. The number of nitrogens with two attached hydrogens (primary N) is 1. The van der Waals surface area contributed by atoms with Gasteiger partial charge in [-0.2, -0.15) is 10.2 Å². The number of rotatable bonds is 13. The number of hydrogen-bond donors (Lipinski definition) is 3. The van der Waals surface area contributed by atoms with E-state index >= 15 is 0 Å². The maximum atomic E-state index is 11.9. The Morgan fingerprint density at radius 2 is 1.75 bits per heavy atom. The number of aromatic amines is 2. The number of hydrogen-bond acceptors (Lipinski definition) is 14. The molecule has 0 spiro atoms. The first-order valence-electron chi connectivity index (χ1n) is 18.4. The van der Waals surface area contributed by atoms with Gasteiger partial charge in [0.05, 0.1) is 56.7 Å². The summed E-state index contributed by atoms with van der Waals surface area (Å²) in [5.41, 5.74) is 10.3. The number of primary amides is 1. The highest BCUT2D eigenvalue weighted by molar-refractivity contribution is 5.98. The molecule has 2 saturated heterocycles. The van der Waals surface area contributed by atoms with Crippen LogP contribution in [0.5, 0.6) is 11.5 Å². The minimum atomic E-state index is -0.883. The Morgan fingerprint density at radius 1 is 0.964 bits per heavy atom. The standard InChI is InChI=1S/C38H43N11O6/c1-23-20-51-16-13-48(23)30-19-42-33-27(6-10-40-35(33)28-7-11-43-46-28)37(30)55-25(22-54-38(39)50)4-3-15-53-31-18-32(49-14-17-52-21-24(49)2)45-34-26(31)5-9-41-36(34)29-8-12-44-47-29/h5-12,18-19,23-25H,3-4,13-17,20-22H2,1-2H3,(H2,39,50)(H,43,46)(H,44,47)/t23?,24-,25?/m1/s1. The van der Waals surface area contributed by atoms with Gasteiger partial charge in [0.1, 0.15) is 52.4 Å². The second-order valence-electron chi connectivity index (χ2n) is 13.6. The first kappa shape index (κ1) is 35.9. The van der Waals surface area contributed by atoms with Crippen LogP contribution in [-0.2, 0) is 14.2 Å². The second-order valence-corrected chi connectivity index (χ2v) is 13.6. The van der Waals surface area contributed by atoms with E-state index in [0.29, 0.717) is 98.6 Å². The third-order valence-corrected chi connectivity index (χ3v) is 9.86. The van der Waals surface area contributed by atoms with Gasteiger partial charge in [0.15, 0.2) is 5.75 Å². The average molecular weight is 750 g/mol. The van der Waals surface area contributed by atoms with E-state index < -0.39 is 12.2 Å². The molecule has 17 nitrogen and oxygen atoms in total. The number of fused-ring (bicyclic) bond motifs is 2. The molecule has 17 heteroatoms. The van der Waals surface area contributed by atoms with Crippen LogP contribution in [0.15, 0.2) is 61.3 Å². The van der Waals surface area contributed by atoms with Crippen LogP contribution in [0.3, 0.4) is 0 Å². The number of pyridine rings is 4. The van der Waals surface area contributed by atoms with Crippen LogP contribution < -0.4 is 25.0 Å². The molecule has 8 heterocycles. The molecule has 286 valence electrons. The van der Waals surface area contributed by atoms with Gasteiger partial charge in [-0.05, 0) is 51.0 Å². The molecule has 0 radical (unpaired) electrons. The predicted octanol–water partition coefficient (Wildman–Crippen LogP) is 4.51. The van der Waals surface area contributed by atoms with Crippen molar-refractivity contribution in [2.24, 2.45) is 5.73 Å². The largest absolute Gasteiger partial charge is 0.493 e. The zero-order valence-corrected chi connectivity index (χ0v) is 30.7. The SMILES string of the molecule is CC1COCCN1c1cnc2c(-c3ccn[nH]3)nccc2c1OC(CCCOc1cc(N2CCOC[C@H]2C)nc2c(-c3cc[nH]n3)nccc12)COC(N)=O. The number of nitrogens with zero attached hydrogens (tertiary/aromatic N) is 8. The summed E-state index contributed by atoms with van der Waals surface area (Å²) < 4.78 is 30.2. The lowest BCUT2D eigenvalue weighted by atomic mass is 10.1. The summed E-state index contributed by atoms with van der Waals surface area (Å²) in [6.07, 6.45) is 8.28. The zero-order chi connectivity index (χ0) is 37.7. The second kappa shape index (κ2) is 16.1. The van der Waals surface area contributed by atoms with Gasteiger partial charge in [-0.25, -0.2) is 9.78 Å². The molecular formula is C38H43N11O6. The highest BCUT2D eigenvalue weighted by Crippen LogP contribution is 2.40. The van der Waals surface area contributed by atoms with E-state index in [9.17, 15) is 4.79 Å². The Kier molecular flexibility index (Phi) is 10.5. The summed E-state index contributed by atoms with van der Waals surface area (Å²) >= 11 is 0. The summed E-state index contributed by atoms with van der Waals surface area (Å²) in [7, 11) is 0. The fourth-order valence-electron chi connectivity index (χ4n) is 7.12. The third-order valence-electron chi connectivity index (χ3n) is 9.86. The lowest BCUT2D eigenvalue weighted by Crippen LogP contribution is -2.44. The maximum Gasteiger partial charge on any atom is 0.404 e. The molecule has 2 aliphatic rings. The molecule has 2 aliphatic heterocycles. The van der Waals surface area contributed by atoms with Crippen LogP contribution in [0, 0.1) is 0 Å². The van der Waals surface area contributed by atoms with Crippen molar-refractivity contribution >= 4 is 39.4 Å². The van der Waals surface area contributed by atoms with Gasteiger partial charge in [0.25, 0.3) is 0 Å². The molecule has 0 saturated carbocycles. The normalized spacial score (nSPS) is 18.1. The number of nitrogens with one attached hydrogen (secondary N) is 2. The number of carbonyl (C=O) groups is 1. The van der Waals surface area contributed by atoms with Crippen molar-refractivity contribution in [2.75, 3.05) is 62.5 Å². The minimum absolute atomic E-state index is 0.0638. The van der Waals surface area contributed by atoms with Crippen molar-refractivity contribution in [3.05, 3.63) is 61.3 Å². The molecule has 0 bridgehead atoms. The maximum absolute atomic E-state index is 11.9. The molecule has 4 N–H and O–H groups in total. The smallest absolute Gasteiger partial charge is 0.404 e. The van der Waals surface area contributed by atoms with E-state index in [0.717, 1.165) is 28.0 Å². The van der Waals surface area contributed by atoms with Crippen molar-refractivity contribution in [1.29, 1.82) is 0 Å². The fourth-order valence-corrected chi connectivity index (χ4v) is 7.12. The molecular weight excluding hydrogens is 706 g/mol. The Balaban J connectivity index is 1.08. The fraction of sp³-hybridized carbons (Fsp3) is 0.395. The highest BCUT2D eigenvalue weighted by Gasteiger charge is 2.28. The van der Waals surface area contributed by atoms with E-state index in [2.05, 4.69) is 54.0 Å². The summed E-state index contributed by atoms with van der Waals surface area (Å²) in [5, 5.41) is 15.9. The van der Waals surface area contributed by atoms with Gasteiger partial charge >= 0.3 is 6.09 Å². The van der Waals surface area contributed by atoms with E-state index in [4.69, 9.17) is 39.4 Å². The first-order valence-corrected chi connectivity index (χ1v) is 18.4. The van der Waals surface area contributed by atoms with Crippen molar-refractivity contribution in [3.8, 4) is 34.3 Å². The van der Waals surface area contributed by atoms with Gasteiger partial charge in [0.2, 0.25) is 0 Å². The van der Waals surface area contributed by atoms with Gasteiger partial charge in [-0.1, -0.05) is 0 Å². The number of carbonyl (C=O) groups excluding carboxylic acids is 1. The van der Waals surface area contributed by atoms with Gasteiger partial charge in [0, 0.05) is 60.8 Å². The molecule has 8 rings (SSSR count). The van der Waals surface area contributed by atoms with Crippen LogP contribution >= 0.6 is 0 Å². The molecule has 0 aliphatic carbocycles. The lowest BCUT2D eigenvalue weighted by molar-refractivity contribution is 0.0787. The molecule has 6 aromatic heterocycles. The van der Waals surface area contributed by atoms with Crippen molar-refractivity contribution in [1.82, 2.24) is 40.3 Å². The summed E-state index contributed by atoms with van der Waals surface area (Å²) in [6, 6.07) is 9.68. The number of morpholine rings is 2. The Bertz CT molecular complexity index is 2240.